The van der Waals surface area contributed by atoms with Gasteiger partial charge in [0.05, 0.1) is 9.82 Å². The van der Waals surface area contributed by atoms with Crippen LogP contribution in [0, 0.1) is 15.5 Å². The SMILES string of the molecule is CC1(CN)CCN(C(=O)CCNS(=O)(=O)c2ccc([N+](=O)[O-])cc2)C1.Cl. The standard InChI is InChI=1S/C15H22N4O5S.ClH/c1-15(10-16)7-9-18(11-15)14(20)6-8-17-25(23,24)13-4-2-12(3-5-13)19(21)22;/h2-5,17H,6-11,16H2,1H3;1H. The van der Waals surface area contributed by atoms with Crippen LogP contribution in [0.15, 0.2) is 29.2 Å². The third-order valence-corrected chi connectivity index (χ3v) is 5.87. The Hall–Kier alpha value is -1.75. The van der Waals surface area contributed by atoms with Gasteiger partial charge < -0.3 is 10.6 Å². The van der Waals surface area contributed by atoms with Gasteiger partial charge in [-0.05, 0) is 30.5 Å². The number of benzene rings is 1. The summed E-state index contributed by atoms with van der Waals surface area (Å²) in [6.45, 7) is 3.70. The molecule has 2 rings (SSSR count). The molecule has 9 nitrogen and oxygen atoms in total. The molecule has 1 amide bonds. The number of amides is 1. The molecule has 26 heavy (non-hydrogen) atoms. The van der Waals surface area contributed by atoms with E-state index in [2.05, 4.69) is 4.72 Å². The second-order valence-electron chi connectivity index (χ2n) is 6.48. The van der Waals surface area contributed by atoms with E-state index < -0.39 is 14.9 Å². The molecule has 11 heteroatoms. The Kier molecular flexibility index (Phi) is 7.51. The van der Waals surface area contributed by atoms with Crippen molar-refractivity contribution in [2.24, 2.45) is 11.1 Å². The number of non-ortho nitro benzene ring substituents is 1. The third-order valence-electron chi connectivity index (χ3n) is 4.39. The molecule has 146 valence electrons. The van der Waals surface area contributed by atoms with E-state index in [1.54, 1.807) is 4.90 Å². The molecule has 0 aliphatic carbocycles. The van der Waals surface area contributed by atoms with Crippen molar-refractivity contribution in [2.45, 2.75) is 24.7 Å². The van der Waals surface area contributed by atoms with Gasteiger partial charge in [-0.25, -0.2) is 13.1 Å². The van der Waals surface area contributed by atoms with Crippen LogP contribution in [-0.4, -0.2) is 50.3 Å². The van der Waals surface area contributed by atoms with Gasteiger partial charge in [-0.2, -0.15) is 0 Å². The van der Waals surface area contributed by atoms with E-state index >= 15 is 0 Å². The minimum atomic E-state index is -3.81. The van der Waals surface area contributed by atoms with Crippen LogP contribution in [0.5, 0.6) is 0 Å². The van der Waals surface area contributed by atoms with Crippen LogP contribution in [-0.2, 0) is 14.8 Å². The predicted octanol–water partition coefficient (Wildman–Crippen LogP) is 0.882. The Morgan fingerprint density at radius 1 is 1.38 bits per heavy atom. The largest absolute Gasteiger partial charge is 0.342 e. The molecular weight excluding hydrogens is 384 g/mol. The van der Waals surface area contributed by atoms with E-state index in [-0.39, 0.29) is 47.3 Å². The van der Waals surface area contributed by atoms with Gasteiger partial charge in [-0.3, -0.25) is 14.9 Å². The molecule has 1 aromatic rings. The number of halogens is 1. The van der Waals surface area contributed by atoms with Crippen LogP contribution < -0.4 is 10.5 Å². The van der Waals surface area contributed by atoms with Gasteiger partial charge in [0.25, 0.3) is 5.69 Å². The zero-order valence-corrected chi connectivity index (χ0v) is 16.0. The summed E-state index contributed by atoms with van der Waals surface area (Å²) in [4.78, 5) is 23.8. The van der Waals surface area contributed by atoms with E-state index in [0.29, 0.717) is 19.6 Å². The van der Waals surface area contributed by atoms with E-state index in [4.69, 9.17) is 5.73 Å². The van der Waals surface area contributed by atoms with Crippen molar-refractivity contribution >= 4 is 34.0 Å². The number of carbonyl (C=O) groups is 1. The Morgan fingerprint density at radius 2 is 2.00 bits per heavy atom. The van der Waals surface area contributed by atoms with Gasteiger partial charge in [0.1, 0.15) is 0 Å². The Morgan fingerprint density at radius 3 is 2.50 bits per heavy atom. The summed E-state index contributed by atoms with van der Waals surface area (Å²) in [6, 6.07) is 4.57. The highest BCUT2D eigenvalue weighted by atomic mass is 35.5. The molecule has 0 aromatic heterocycles. The summed E-state index contributed by atoms with van der Waals surface area (Å²) in [5.74, 6) is -0.122. The molecule has 1 heterocycles. The summed E-state index contributed by atoms with van der Waals surface area (Å²) in [7, 11) is -3.81. The molecule has 1 fully saturated rings. The van der Waals surface area contributed by atoms with Crippen molar-refractivity contribution in [3.63, 3.8) is 0 Å². The average molecular weight is 407 g/mol. The summed E-state index contributed by atoms with van der Waals surface area (Å²) in [5.41, 5.74) is 5.45. The molecule has 1 aliphatic heterocycles. The number of nitrogens with one attached hydrogen (secondary N) is 1. The zero-order chi connectivity index (χ0) is 18.7. The van der Waals surface area contributed by atoms with Gasteiger partial charge in [-0.1, -0.05) is 6.92 Å². The molecule has 0 bridgehead atoms. The number of nitro groups is 1. The van der Waals surface area contributed by atoms with Crippen LogP contribution in [0.2, 0.25) is 0 Å². The van der Waals surface area contributed by atoms with Crippen molar-refractivity contribution in [1.82, 2.24) is 9.62 Å². The second-order valence-corrected chi connectivity index (χ2v) is 8.25. The fraction of sp³-hybridized carbons (Fsp3) is 0.533. The molecule has 3 N–H and O–H groups in total. The minimum Gasteiger partial charge on any atom is -0.342 e. The monoisotopic (exact) mass is 406 g/mol. The Balaban J connectivity index is 0.00000338. The summed E-state index contributed by atoms with van der Waals surface area (Å²) < 4.78 is 26.6. The van der Waals surface area contributed by atoms with Gasteiger partial charge in [0, 0.05) is 38.2 Å². The van der Waals surface area contributed by atoms with E-state index in [0.717, 1.165) is 30.7 Å². The number of nitro benzene ring substituents is 1. The lowest BCUT2D eigenvalue weighted by Crippen LogP contribution is -2.36. The quantitative estimate of drug-likeness (QED) is 0.509. The normalized spacial score (nSPS) is 19.8. The number of hydrogen-bond acceptors (Lipinski definition) is 6. The number of sulfonamides is 1. The lowest BCUT2D eigenvalue weighted by Gasteiger charge is -2.22. The number of likely N-dealkylation sites (tertiary alicyclic amines) is 1. The van der Waals surface area contributed by atoms with Gasteiger partial charge >= 0.3 is 0 Å². The molecule has 0 saturated carbocycles. The van der Waals surface area contributed by atoms with Crippen LogP contribution >= 0.6 is 12.4 Å². The van der Waals surface area contributed by atoms with Crippen molar-refractivity contribution in [3.8, 4) is 0 Å². The molecule has 1 unspecified atom stereocenters. The Bertz CT molecular complexity index is 756. The van der Waals surface area contributed by atoms with E-state index in [1.807, 2.05) is 6.92 Å². The summed E-state index contributed by atoms with van der Waals surface area (Å²) in [6.07, 6.45) is 0.886. The maximum Gasteiger partial charge on any atom is 0.269 e. The molecule has 0 radical (unpaired) electrons. The zero-order valence-electron chi connectivity index (χ0n) is 14.4. The van der Waals surface area contributed by atoms with Crippen molar-refractivity contribution in [2.75, 3.05) is 26.2 Å². The molecule has 1 atom stereocenters. The maximum atomic E-state index is 12.2. The fourth-order valence-corrected chi connectivity index (χ4v) is 3.72. The summed E-state index contributed by atoms with van der Waals surface area (Å²) >= 11 is 0. The fourth-order valence-electron chi connectivity index (χ4n) is 2.68. The van der Waals surface area contributed by atoms with Crippen LogP contribution in [0.1, 0.15) is 19.8 Å². The van der Waals surface area contributed by atoms with Gasteiger partial charge in [-0.15, -0.1) is 12.4 Å². The number of rotatable bonds is 7. The maximum absolute atomic E-state index is 12.2. The number of carbonyl (C=O) groups excluding carboxylic acids is 1. The van der Waals surface area contributed by atoms with Gasteiger partial charge in [0.2, 0.25) is 15.9 Å². The predicted molar refractivity (Wildman–Crippen MR) is 98.5 cm³/mol. The highest BCUT2D eigenvalue weighted by molar-refractivity contribution is 7.89. The Labute approximate surface area is 158 Å². The summed E-state index contributed by atoms with van der Waals surface area (Å²) in [5, 5.41) is 10.6. The van der Waals surface area contributed by atoms with Crippen LogP contribution in [0.4, 0.5) is 5.69 Å². The van der Waals surface area contributed by atoms with E-state index in [1.165, 1.54) is 0 Å². The highest BCUT2D eigenvalue weighted by Crippen LogP contribution is 2.28. The van der Waals surface area contributed by atoms with Crippen LogP contribution in [0.25, 0.3) is 0 Å². The van der Waals surface area contributed by atoms with E-state index in [9.17, 15) is 23.3 Å². The molecular formula is C15H23ClN4O5S. The third kappa shape index (κ3) is 5.37. The van der Waals surface area contributed by atoms with Crippen LogP contribution in [0.3, 0.4) is 0 Å². The van der Waals surface area contributed by atoms with Crippen molar-refractivity contribution < 1.29 is 18.1 Å². The minimum absolute atomic E-state index is 0. The van der Waals surface area contributed by atoms with Gasteiger partial charge in [0.15, 0.2) is 0 Å². The number of nitrogens with zero attached hydrogens (tertiary/aromatic N) is 2. The molecule has 0 spiro atoms. The first-order chi connectivity index (χ1) is 11.7. The topological polar surface area (TPSA) is 136 Å². The first-order valence-electron chi connectivity index (χ1n) is 7.89. The first-order valence-corrected chi connectivity index (χ1v) is 9.37. The smallest absolute Gasteiger partial charge is 0.269 e. The van der Waals surface area contributed by atoms with Crippen molar-refractivity contribution in [3.05, 3.63) is 34.4 Å². The first kappa shape index (κ1) is 22.3. The second kappa shape index (κ2) is 8.76. The average Bonchev–Trinajstić information content (AvgIpc) is 2.98. The number of hydrogen-bond donors (Lipinski definition) is 2. The molecule has 1 aliphatic rings. The molecule has 1 saturated heterocycles. The van der Waals surface area contributed by atoms with Crippen molar-refractivity contribution in [1.29, 1.82) is 0 Å². The lowest BCUT2D eigenvalue weighted by atomic mass is 9.90. The lowest BCUT2D eigenvalue weighted by molar-refractivity contribution is -0.384. The number of nitrogens with two attached hydrogens (primary N) is 1. The molecule has 1 aromatic carbocycles. The highest BCUT2D eigenvalue weighted by Gasteiger charge is 2.34.